The molecule has 3 N–H and O–H groups in total. The first-order valence-corrected chi connectivity index (χ1v) is 5.99. The summed E-state index contributed by atoms with van der Waals surface area (Å²) in [4.78, 5) is 25.0. The van der Waals surface area contributed by atoms with Crippen molar-refractivity contribution >= 4 is 11.8 Å². The molecule has 17 heavy (non-hydrogen) atoms. The van der Waals surface area contributed by atoms with E-state index in [1.807, 2.05) is 27.7 Å². The van der Waals surface area contributed by atoms with Gasteiger partial charge < -0.3 is 16.0 Å². The monoisotopic (exact) mass is 243 g/mol. The summed E-state index contributed by atoms with van der Waals surface area (Å²) in [6, 6.07) is -0.585. The van der Waals surface area contributed by atoms with Gasteiger partial charge in [-0.2, -0.15) is 0 Å². The Morgan fingerprint density at radius 1 is 1.35 bits per heavy atom. The third kappa shape index (κ3) is 5.17. The summed E-state index contributed by atoms with van der Waals surface area (Å²) >= 11 is 0. The summed E-state index contributed by atoms with van der Waals surface area (Å²) in [6.45, 7) is 8.34. The molecule has 0 heterocycles. The lowest BCUT2D eigenvalue weighted by atomic mass is 9.86. The van der Waals surface area contributed by atoms with Crippen molar-refractivity contribution in [2.24, 2.45) is 11.1 Å². The highest BCUT2D eigenvalue weighted by Crippen LogP contribution is 2.19. The molecule has 0 aromatic rings. The largest absolute Gasteiger partial charge is 0.358 e. The molecule has 0 saturated heterocycles. The van der Waals surface area contributed by atoms with Gasteiger partial charge in [-0.05, 0) is 11.8 Å². The molecule has 0 aromatic heterocycles. The zero-order valence-electron chi connectivity index (χ0n) is 11.5. The number of likely N-dealkylation sites (N-methyl/N-ethyl adjacent to an activating group) is 1. The van der Waals surface area contributed by atoms with Crippen molar-refractivity contribution in [2.45, 2.75) is 40.2 Å². The molecule has 0 radical (unpaired) electrons. The van der Waals surface area contributed by atoms with Crippen LogP contribution in [0.2, 0.25) is 0 Å². The second-order valence-corrected chi connectivity index (χ2v) is 5.28. The summed E-state index contributed by atoms with van der Waals surface area (Å²) in [5.74, 6) is -0.337. The lowest BCUT2D eigenvalue weighted by Crippen LogP contribution is -2.52. The molecule has 0 aliphatic heterocycles. The molecule has 0 unspecified atom stereocenters. The number of carbonyl (C=O) groups excluding carboxylic acids is 2. The van der Waals surface area contributed by atoms with E-state index >= 15 is 0 Å². The van der Waals surface area contributed by atoms with Gasteiger partial charge in [-0.15, -0.1) is 0 Å². The summed E-state index contributed by atoms with van der Waals surface area (Å²) < 4.78 is 0. The number of nitrogens with zero attached hydrogens (tertiary/aromatic N) is 1. The van der Waals surface area contributed by atoms with Crippen LogP contribution in [-0.2, 0) is 9.59 Å². The molecular weight excluding hydrogens is 218 g/mol. The second kappa shape index (κ2) is 6.59. The Kier molecular flexibility index (Phi) is 6.16. The molecule has 0 bridgehead atoms. The molecule has 2 amide bonds. The first-order valence-electron chi connectivity index (χ1n) is 5.99. The molecule has 100 valence electrons. The number of nitrogens with two attached hydrogens (primary N) is 1. The molecular formula is C12H25N3O2. The molecule has 0 aromatic carbocycles. The Balaban J connectivity index is 4.70. The molecule has 0 spiro atoms. The number of carbonyl (C=O) groups is 2. The van der Waals surface area contributed by atoms with Gasteiger partial charge in [0.2, 0.25) is 11.8 Å². The Labute approximate surface area is 104 Å². The fourth-order valence-electron chi connectivity index (χ4n) is 1.36. The van der Waals surface area contributed by atoms with E-state index in [0.29, 0.717) is 6.54 Å². The van der Waals surface area contributed by atoms with Gasteiger partial charge in [0.05, 0.1) is 12.6 Å². The van der Waals surface area contributed by atoms with Crippen LogP contribution in [0.5, 0.6) is 0 Å². The van der Waals surface area contributed by atoms with Crippen molar-refractivity contribution < 1.29 is 9.59 Å². The predicted octanol–water partition coefficient (Wildman–Crippen LogP) is 0.344. The van der Waals surface area contributed by atoms with Gasteiger partial charge in [0.1, 0.15) is 0 Å². The molecule has 0 fully saturated rings. The Morgan fingerprint density at radius 3 is 2.24 bits per heavy atom. The Morgan fingerprint density at radius 2 is 1.88 bits per heavy atom. The van der Waals surface area contributed by atoms with Crippen molar-refractivity contribution in [2.75, 3.05) is 20.1 Å². The maximum Gasteiger partial charge on any atom is 0.240 e. The van der Waals surface area contributed by atoms with Gasteiger partial charge in [-0.3, -0.25) is 9.59 Å². The van der Waals surface area contributed by atoms with Gasteiger partial charge in [0.15, 0.2) is 0 Å². The summed E-state index contributed by atoms with van der Waals surface area (Å²) in [6.07, 6.45) is 0.805. The van der Waals surface area contributed by atoms with Gasteiger partial charge in [0.25, 0.3) is 0 Å². The topological polar surface area (TPSA) is 75.4 Å². The molecule has 1 atom stereocenters. The third-order valence-electron chi connectivity index (χ3n) is 2.62. The average Bonchev–Trinajstić information content (AvgIpc) is 2.25. The first kappa shape index (κ1) is 15.9. The molecule has 0 rings (SSSR count). The summed E-state index contributed by atoms with van der Waals surface area (Å²) in [5, 5.41) is 2.51. The molecule has 5 heteroatoms. The molecule has 5 nitrogen and oxygen atoms in total. The minimum atomic E-state index is -0.585. The van der Waals surface area contributed by atoms with E-state index in [2.05, 4.69) is 5.32 Å². The quantitative estimate of drug-likeness (QED) is 0.731. The van der Waals surface area contributed by atoms with Crippen LogP contribution in [0.4, 0.5) is 0 Å². The van der Waals surface area contributed by atoms with Gasteiger partial charge in [0, 0.05) is 13.6 Å². The van der Waals surface area contributed by atoms with Gasteiger partial charge >= 0.3 is 0 Å². The van der Waals surface area contributed by atoms with E-state index in [1.165, 1.54) is 4.90 Å². The minimum Gasteiger partial charge on any atom is -0.358 e. The van der Waals surface area contributed by atoms with E-state index in [0.717, 1.165) is 6.42 Å². The predicted molar refractivity (Wildman–Crippen MR) is 68.4 cm³/mol. The fraction of sp³-hybridized carbons (Fsp3) is 0.833. The smallest absolute Gasteiger partial charge is 0.240 e. The Bertz CT molecular complexity index is 271. The third-order valence-corrected chi connectivity index (χ3v) is 2.62. The number of hydrogen-bond acceptors (Lipinski definition) is 3. The van der Waals surface area contributed by atoms with Crippen LogP contribution < -0.4 is 11.1 Å². The molecule has 0 aliphatic rings. The van der Waals surface area contributed by atoms with Crippen LogP contribution in [-0.4, -0.2) is 42.9 Å². The maximum atomic E-state index is 12.2. The van der Waals surface area contributed by atoms with Crippen LogP contribution in [0.3, 0.4) is 0 Å². The van der Waals surface area contributed by atoms with Gasteiger partial charge in [-0.25, -0.2) is 0 Å². The molecule has 0 aliphatic carbocycles. The van der Waals surface area contributed by atoms with Gasteiger partial charge in [-0.1, -0.05) is 27.7 Å². The van der Waals surface area contributed by atoms with Crippen molar-refractivity contribution in [3.8, 4) is 0 Å². The van der Waals surface area contributed by atoms with E-state index in [9.17, 15) is 9.59 Å². The van der Waals surface area contributed by atoms with E-state index in [1.54, 1.807) is 7.05 Å². The SMILES string of the molecule is CCCN(CC(=O)NC)C(=O)[C@H](N)C(C)(C)C. The van der Waals surface area contributed by atoms with Crippen molar-refractivity contribution in [1.82, 2.24) is 10.2 Å². The summed E-state index contributed by atoms with van der Waals surface area (Å²) in [7, 11) is 1.56. The normalized spacial score (nSPS) is 13.1. The number of rotatable bonds is 5. The van der Waals surface area contributed by atoms with Crippen molar-refractivity contribution in [3.63, 3.8) is 0 Å². The van der Waals surface area contributed by atoms with Crippen LogP contribution in [0.1, 0.15) is 34.1 Å². The standard InChI is InChI=1S/C12H25N3O2/c1-6-7-15(8-9(16)14-5)11(17)10(13)12(2,3)4/h10H,6-8,13H2,1-5H3,(H,14,16)/t10-/m0/s1. The zero-order valence-corrected chi connectivity index (χ0v) is 11.5. The highest BCUT2D eigenvalue weighted by atomic mass is 16.2. The van der Waals surface area contributed by atoms with E-state index < -0.39 is 6.04 Å². The molecule has 0 saturated carbocycles. The fourth-order valence-corrected chi connectivity index (χ4v) is 1.36. The lowest BCUT2D eigenvalue weighted by Gasteiger charge is -2.31. The van der Waals surface area contributed by atoms with Crippen LogP contribution in [0, 0.1) is 5.41 Å². The highest BCUT2D eigenvalue weighted by molar-refractivity contribution is 5.87. The van der Waals surface area contributed by atoms with Crippen LogP contribution >= 0.6 is 0 Å². The minimum absolute atomic E-state index is 0.0763. The van der Waals surface area contributed by atoms with E-state index in [4.69, 9.17) is 5.73 Å². The Hall–Kier alpha value is -1.10. The summed E-state index contributed by atoms with van der Waals surface area (Å²) in [5.41, 5.74) is 5.62. The highest BCUT2D eigenvalue weighted by Gasteiger charge is 2.31. The average molecular weight is 243 g/mol. The lowest BCUT2D eigenvalue weighted by molar-refractivity contribution is -0.138. The number of hydrogen-bond donors (Lipinski definition) is 2. The second-order valence-electron chi connectivity index (χ2n) is 5.28. The van der Waals surface area contributed by atoms with Crippen LogP contribution in [0.25, 0.3) is 0 Å². The number of amides is 2. The van der Waals surface area contributed by atoms with Crippen molar-refractivity contribution in [1.29, 1.82) is 0 Å². The first-order chi connectivity index (χ1) is 7.73. The van der Waals surface area contributed by atoms with Crippen LogP contribution in [0.15, 0.2) is 0 Å². The van der Waals surface area contributed by atoms with E-state index in [-0.39, 0.29) is 23.8 Å². The van der Waals surface area contributed by atoms with Crippen molar-refractivity contribution in [3.05, 3.63) is 0 Å². The maximum absolute atomic E-state index is 12.2. The zero-order chi connectivity index (χ0) is 13.6. The number of nitrogens with one attached hydrogen (secondary N) is 1.